The highest BCUT2D eigenvalue weighted by atomic mass is 79.9. The lowest BCUT2D eigenvalue weighted by molar-refractivity contribution is 0.736. The molecule has 90 valence electrons. The maximum atomic E-state index is 6.23. The summed E-state index contributed by atoms with van der Waals surface area (Å²) < 4.78 is 2.28. The van der Waals surface area contributed by atoms with Crippen molar-refractivity contribution in [1.29, 1.82) is 0 Å². The first-order valence-electron chi connectivity index (χ1n) is 5.32. The molecule has 2 rings (SSSR count). The molecule has 2 aromatic rings. The number of halogens is 2. The average Bonchev–Trinajstić information content (AvgIpc) is 2.59. The van der Waals surface area contributed by atoms with E-state index in [9.17, 15) is 0 Å². The molecule has 0 aliphatic carbocycles. The van der Waals surface area contributed by atoms with Crippen molar-refractivity contribution in [2.24, 2.45) is 5.73 Å². The standard InChI is InChI=1S/C13H13Br2NS/c1-8-5-12(17-13(8)15)11(16)7-9-3-2-4-10(14)6-9/h2-6,11H,7,16H2,1H3. The van der Waals surface area contributed by atoms with E-state index in [1.54, 1.807) is 11.3 Å². The van der Waals surface area contributed by atoms with E-state index in [1.165, 1.54) is 19.8 Å². The zero-order chi connectivity index (χ0) is 12.4. The Morgan fingerprint density at radius 1 is 1.29 bits per heavy atom. The Kier molecular flexibility index (Phi) is 4.42. The Bertz CT molecular complexity index is 502. The van der Waals surface area contributed by atoms with Crippen LogP contribution in [0.2, 0.25) is 0 Å². The van der Waals surface area contributed by atoms with Crippen LogP contribution in [-0.4, -0.2) is 0 Å². The molecule has 0 spiro atoms. The molecule has 4 heteroatoms. The SMILES string of the molecule is Cc1cc(C(N)Cc2cccc(Br)c2)sc1Br. The highest BCUT2D eigenvalue weighted by Crippen LogP contribution is 2.31. The van der Waals surface area contributed by atoms with Crippen molar-refractivity contribution in [3.05, 3.63) is 54.6 Å². The third-order valence-electron chi connectivity index (χ3n) is 2.59. The predicted octanol–water partition coefficient (Wildman–Crippen LogP) is 4.82. The van der Waals surface area contributed by atoms with E-state index in [-0.39, 0.29) is 6.04 Å². The molecule has 1 aromatic heterocycles. The molecule has 0 aliphatic heterocycles. The zero-order valence-corrected chi connectivity index (χ0v) is 13.4. The maximum Gasteiger partial charge on any atom is 0.0731 e. The molecule has 0 bridgehead atoms. The molecule has 0 saturated carbocycles. The molecule has 1 nitrogen and oxygen atoms in total. The monoisotopic (exact) mass is 373 g/mol. The van der Waals surface area contributed by atoms with Gasteiger partial charge in [0.1, 0.15) is 0 Å². The summed E-state index contributed by atoms with van der Waals surface area (Å²) in [6.07, 6.45) is 0.867. The van der Waals surface area contributed by atoms with Gasteiger partial charge in [0.05, 0.1) is 3.79 Å². The smallest absolute Gasteiger partial charge is 0.0731 e. The van der Waals surface area contributed by atoms with E-state index in [1.807, 2.05) is 12.1 Å². The molecule has 0 amide bonds. The van der Waals surface area contributed by atoms with Crippen LogP contribution in [0.5, 0.6) is 0 Å². The van der Waals surface area contributed by atoms with Crippen LogP contribution < -0.4 is 5.73 Å². The Hall–Kier alpha value is -0.160. The Morgan fingerprint density at radius 2 is 2.06 bits per heavy atom. The minimum absolute atomic E-state index is 0.0688. The molecule has 0 saturated heterocycles. The van der Waals surface area contributed by atoms with Crippen molar-refractivity contribution < 1.29 is 0 Å². The summed E-state index contributed by atoms with van der Waals surface area (Å²) in [5.41, 5.74) is 8.75. The topological polar surface area (TPSA) is 26.0 Å². The Labute approximate surface area is 122 Å². The maximum absolute atomic E-state index is 6.23. The van der Waals surface area contributed by atoms with Crippen molar-refractivity contribution >= 4 is 43.2 Å². The van der Waals surface area contributed by atoms with Gasteiger partial charge in [-0.25, -0.2) is 0 Å². The fourth-order valence-corrected chi connectivity index (χ4v) is 3.70. The van der Waals surface area contributed by atoms with Gasteiger partial charge in [-0.1, -0.05) is 28.1 Å². The molecule has 0 fully saturated rings. The Morgan fingerprint density at radius 3 is 2.65 bits per heavy atom. The van der Waals surface area contributed by atoms with E-state index in [2.05, 4.69) is 57.0 Å². The van der Waals surface area contributed by atoms with Crippen LogP contribution in [-0.2, 0) is 6.42 Å². The molecule has 2 N–H and O–H groups in total. The van der Waals surface area contributed by atoms with E-state index >= 15 is 0 Å². The van der Waals surface area contributed by atoms with Crippen LogP contribution in [0, 0.1) is 6.92 Å². The van der Waals surface area contributed by atoms with Crippen molar-refractivity contribution in [3.8, 4) is 0 Å². The number of nitrogens with two attached hydrogens (primary N) is 1. The van der Waals surface area contributed by atoms with Crippen LogP contribution in [0.15, 0.2) is 38.6 Å². The third-order valence-corrected chi connectivity index (χ3v) is 5.35. The van der Waals surface area contributed by atoms with Gasteiger partial charge < -0.3 is 5.73 Å². The van der Waals surface area contributed by atoms with Crippen molar-refractivity contribution in [2.75, 3.05) is 0 Å². The van der Waals surface area contributed by atoms with Gasteiger partial charge in [-0.15, -0.1) is 11.3 Å². The van der Waals surface area contributed by atoms with Crippen molar-refractivity contribution in [2.45, 2.75) is 19.4 Å². The molecule has 1 aromatic carbocycles. The van der Waals surface area contributed by atoms with Gasteiger partial charge in [0.15, 0.2) is 0 Å². The second kappa shape index (κ2) is 5.65. The van der Waals surface area contributed by atoms with E-state index < -0.39 is 0 Å². The van der Waals surface area contributed by atoms with Gasteiger partial charge in [-0.05, 0) is 58.6 Å². The van der Waals surface area contributed by atoms with Gasteiger partial charge in [-0.2, -0.15) is 0 Å². The predicted molar refractivity (Wildman–Crippen MR) is 81.5 cm³/mol. The summed E-state index contributed by atoms with van der Waals surface area (Å²) in [5.74, 6) is 0. The van der Waals surface area contributed by atoms with E-state index in [0.717, 1.165) is 10.9 Å². The number of benzene rings is 1. The van der Waals surface area contributed by atoms with E-state index in [0.29, 0.717) is 0 Å². The number of aryl methyl sites for hydroxylation is 1. The lowest BCUT2D eigenvalue weighted by Crippen LogP contribution is -2.11. The minimum Gasteiger partial charge on any atom is -0.323 e. The van der Waals surface area contributed by atoms with Gasteiger partial charge in [0.25, 0.3) is 0 Å². The molecule has 1 unspecified atom stereocenters. The molecule has 0 aliphatic rings. The molecular weight excluding hydrogens is 362 g/mol. The summed E-state index contributed by atoms with van der Waals surface area (Å²) >= 11 is 8.74. The summed E-state index contributed by atoms with van der Waals surface area (Å²) in [6, 6.07) is 10.5. The zero-order valence-electron chi connectivity index (χ0n) is 9.41. The summed E-state index contributed by atoms with van der Waals surface area (Å²) in [4.78, 5) is 1.23. The first kappa shape index (κ1) is 13.3. The van der Waals surface area contributed by atoms with Crippen LogP contribution >= 0.6 is 43.2 Å². The summed E-state index contributed by atoms with van der Waals surface area (Å²) in [5, 5.41) is 0. The lowest BCUT2D eigenvalue weighted by Gasteiger charge is -2.09. The van der Waals surface area contributed by atoms with Gasteiger partial charge in [-0.3, -0.25) is 0 Å². The van der Waals surface area contributed by atoms with Crippen LogP contribution in [0.4, 0.5) is 0 Å². The lowest BCUT2D eigenvalue weighted by atomic mass is 10.1. The number of hydrogen-bond donors (Lipinski definition) is 1. The average molecular weight is 375 g/mol. The summed E-state index contributed by atoms with van der Waals surface area (Å²) in [6.45, 7) is 2.09. The number of hydrogen-bond acceptors (Lipinski definition) is 2. The van der Waals surface area contributed by atoms with Gasteiger partial charge in [0, 0.05) is 15.4 Å². The fraction of sp³-hybridized carbons (Fsp3) is 0.231. The highest BCUT2D eigenvalue weighted by molar-refractivity contribution is 9.11. The van der Waals surface area contributed by atoms with Crippen LogP contribution in [0.3, 0.4) is 0 Å². The largest absolute Gasteiger partial charge is 0.323 e. The molecular formula is C13H13Br2NS. The van der Waals surface area contributed by atoms with Gasteiger partial charge >= 0.3 is 0 Å². The molecule has 1 heterocycles. The molecule has 1 atom stereocenters. The number of thiophene rings is 1. The third kappa shape index (κ3) is 3.41. The molecule has 0 radical (unpaired) electrons. The number of rotatable bonds is 3. The van der Waals surface area contributed by atoms with Gasteiger partial charge in [0.2, 0.25) is 0 Å². The Balaban J connectivity index is 2.14. The van der Waals surface area contributed by atoms with Crippen LogP contribution in [0.25, 0.3) is 0 Å². The normalized spacial score (nSPS) is 12.7. The first-order chi connectivity index (χ1) is 8.06. The van der Waals surface area contributed by atoms with Crippen molar-refractivity contribution in [1.82, 2.24) is 0 Å². The van der Waals surface area contributed by atoms with E-state index in [4.69, 9.17) is 5.73 Å². The second-order valence-electron chi connectivity index (χ2n) is 4.05. The second-order valence-corrected chi connectivity index (χ2v) is 7.36. The van der Waals surface area contributed by atoms with Crippen molar-refractivity contribution in [3.63, 3.8) is 0 Å². The highest BCUT2D eigenvalue weighted by Gasteiger charge is 2.11. The first-order valence-corrected chi connectivity index (χ1v) is 7.72. The summed E-state index contributed by atoms with van der Waals surface area (Å²) in [7, 11) is 0. The quantitative estimate of drug-likeness (QED) is 0.818. The fourth-order valence-electron chi connectivity index (χ4n) is 1.68. The minimum atomic E-state index is 0.0688. The molecule has 17 heavy (non-hydrogen) atoms. The van der Waals surface area contributed by atoms with Crippen LogP contribution in [0.1, 0.15) is 22.0 Å².